The zero-order chi connectivity index (χ0) is 29.2. The van der Waals surface area contributed by atoms with Crippen LogP contribution in [0, 0.1) is 6.92 Å². The zero-order valence-corrected chi connectivity index (χ0v) is 25.3. The Morgan fingerprint density at radius 3 is 2.65 bits per heavy atom. The van der Waals surface area contributed by atoms with Gasteiger partial charge in [-0.3, -0.25) is 10.1 Å². The number of carbonyl (C=O) groups excluding carboxylic acids is 1. The van der Waals surface area contributed by atoms with Gasteiger partial charge in [-0.15, -0.1) is 0 Å². The lowest BCUT2D eigenvalue weighted by Gasteiger charge is -2.35. The van der Waals surface area contributed by atoms with Gasteiger partial charge in [-0.1, -0.05) is 34.1 Å². The van der Waals surface area contributed by atoms with Crippen molar-refractivity contribution in [1.82, 2.24) is 10.3 Å². The highest BCUT2D eigenvalue weighted by molar-refractivity contribution is 14.1. The van der Waals surface area contributed by atoms with Crippen molar-refractivity contribution >= 4 is 59.0 Å². The quantitative estimate of drug-likeness (QED) is 0.102. The maximum Gasteiger partial charge on any atom is 0.416 e. The fourth-order valence-electron chi connectivity index (χ4n) is 5.27. The van der Waals surface area contributed by atoms with Crippen molar-refractivity contribution < 1.29 is 31.9 Å². The number of aliphatic hydroxyl groups is 1. The van der Waals surface area contributed by atoms with E-state index < -0.39 is 36.4 Å². The minimum absolute atomic E-state index is 0.0302. The van der Waals surface area contributed by atoms with Crippen molar-refractivity contribution in [1.29, 1.82) is 0 Å². The highest BCUT2D eigenvalue weighted by atomic mass is 127. The zero-order valence-electron chi connectivity index (χ0n) is 21.5. The number of fused-ring (bicyclic) bond motifs is 1. The maximum absolute atomic E-state index is 14.3. The van der Waals surface area contributed by atoms with Crippen LogP contribution in [-0.4, -0.2) is 39.4 Å². The van der Waals surface area contributed by atoms with Crippen LogP contribution in [0.15, 0.2) is 46.9 Å². The number of anilines is 1. The van der Waals surface area contributed by atoms with Crippen LogP contribution in [0.3, 0.4) is 0 Å². The summed E-state index contributed by atoms with van der Waals surface area (Å²) in [5.41, 5.74) is 0.631. The molecular weight excluding hydrogens is 712 g/mol. The third kappa shape index (κ3) is 7.29. The lowest BCUT2D eigenvalue weighted by molar-refractivity contribution is -0.138. The first-order chi connectivity index (χ1) is 18.8. The summed E-state index contributed by atoms with van der Waals surface area (Å²) in [7, 11) is 0. The molecule has 1 aromatic heterocycles. The number of hydrogen-bond donors (Lipinski definition) is 2. The van der Waals surface area contributed by atoms with Gasteiger partial charge in [0.15, 0.2) is 3.79 Å². The van der Waals surface area contributed by atoms with Crippen LogP contribution in [0.5, 0.6) is 0 Å². The van der Waals surface area contributed by atoms with E-state index in [0.717, 1.165) is 6.07 Å². The van der Waals surface area contributed by atoms with E-state index in [0.29, 0.717) is 45.3 Å². The Hall–Kier alpha value is -1.90. The van der Waals surface area contributed by atoms with Crippen LogP contribution in [0.2, 0.25) is 0 Å². The number of rotatable bonds is 9. The number of carbonyl (C=O) groups is 1. The molecule has 0 saturated carbocycles. The molecule has 5 nitrogen and oxygen atoms in total. The predicted octanol–water partition coefficient (Wildman–Crippen LogP) is 7.67. The summed E-state index contributed by atoms with van der Waals surface area (Å²) in [6.07, 6.45) is -5.65. The molecule has 1 fully saturated rings. The number of pyridine rings is 1. The molecule has 2 heterocycles. The minimum Gasteiger partial charge on any atom is -0.374 e. The van der Waals surface area contributed by atoms with Gasteiger partial charge >= 0.3 is 6.18 Å². The number of benzene rings is 2. The van der Waals surface area contributed by atoms with E-state index >= 15 is 0 Å². The molecule has 2 unspecified atom stereocenters. The predicted molar refractivity (Wildman–Crippen MR) is 156 cm³/mol. The van der Waals surface area contributed by atoms with Crippen LogP contribution >= 0.6 is 38.5 Å². The Kier molecular flexibility index (Phi) is 9.73. The molecule has 0 bridgehead atoms. The van der Waals surface area contributed by atoms with E-state index in [4.69, 9.17) is 0 Å². The number of aliphatic hydroxyl groups excluding tert-OH is 1. The molecule has 216 valence electrons. The first-order valence-electron chi connectivity index (χ1n) is 12.8. The number of alkyl halides is 5. The Morgan fingerprint density at radius 2 is 1.98 bits per heavy atom. The second-order valence-corrected chi connectivity index (χ2v) is 12.1. The van der Waals surface area contributed by atoms with Gasteiger partial charge in [0.25, 0.3) is 5.92 Å². The molecule has 0 amide bonds. The van der Waals surface area contributed by atoms with E-state index in [-0.39, 0.29) is 35.2 Å². The SMILES string of the molecule is Cc1c(N2CCCC(F)(F)C2)nc2ccc(Br)cc2c1C(O)NCC(CCC(=O)I)c1ccccc1C(F)(F)F. The van der Waals surface area contributed by atoms with Gasteiger partial charge in [-0.25, -0.2) is 13.8 Å². The summed E-state index contributed by atoms with van der Waals surface area (Å²) in [4.78, 5) is 17.9. The monoisotopic (exact) mass is 739 g/mol. The van der Waals surface area contributed by atoms with E-state index in [9.17, 15) is 31.9 Å². The summed E-state index contributed by atoms with van der Waals surface area (Å²) >= 11 is 5.04. The van der Waals surface area contributed by atoms with Crippen LogP contribution < -0.4 is 10.2 Å². The number of nitrogens with one attached hydrogen (secondary N) is 1. The van der Waals surface area contributed by atoms with Crippen LogP contribution in [0.4, 0.5) is 27.8 Å². The molecule has 2 aromatic carbocycles. The van der Waals surface area contributed by atoms with Gasteiger partial charge in [0.1, 0.15) is 12.0 Å². The summed E-state index contributed by atoms with van der Waals surface area (Å²) in [6.45, 7) is 1.52. The first kappa shape index (κ1) is 31.0. The summed E-state index contributed by atoms with van der Waals surface area (Å²) in [6, 6.07) is 10.4. The van der Waals surface area contributed by atoms with Crippen molar-refractivity contribution in [3.05, 3.63) is 69.2 Å². The van der Waals surface area contributed by atoms with Crippen LogP contribution in [0.25, 0.3) is 10.9 Å². The average molecular weight is 740 g/mol. The largest absolute Gasteiger partial charge is 0.416 e. The molecule has 1 aliphatic heterocycles. The molecule has 0 radical (unpaired) electrons. The van der Waals surface area contributed by atoms with Gasteiger partial charge < -0.3 is 10.0 Å². The van der Waals surface area contributed by atoms with Crippen LogP contribution in [0.1, 0.15) is 60.1 Å². The van der Waals surface area contributed by atoms with Gasteiger partial charge in [0.05, 0.1) is 17.6 Å². The summed E-state index contributed by atoms with van der Waals surface area (Å²) < 4.78 is 70.5. The molecule has 2 atom stereocenters. The number of nitrogens with zero attached hydrogens (tertiary/aromatic N) is 2. The van der Waals surface area contributed by atoms with Gasteiger partial charge in [0.2, 0.25) is 0 Å². The summed E-state index contributed by atoms with van der Waals surface area (Å²) in [5.74, 6) is -3.26. The molecule has 2 N–H and O–H groups in total. The molecule has 1 aliphatic rings. The Balaban J connectivity index is 1.71. The minimum atomic E-state index is -4.59. The van der Waals surface area contributed by atoms with Crippen molar-refractivity contribution in [2.45, 2.75) is 56.9 Å². The molecule has 0 spiro atoms. The Morgan fingerprint density at radius 1 is 1.25 bits per heavy atom. The molecule has 4 rings (SSSR count). The topological polar surface area (TPSA) is 65.5 Å². The second kappa shape index (κ2) is 12.5. The second-order valence-electron chi connectivity index (χ2n) is 10.0. The third-order valence-electron chi connectivity index (χ3n) is 7.13. The normalized spacial score (nSPS) is 17.2. The highest BCUT2D eigenvalue weighted by Gasteiger charge is 2.37. The first-order valence-corrected chi connectivity index (χ1v) is 14.6. The van der Waals surface area contributed by atoms with Crippen molar-refractivity contribution in [3.8, 4) is 0 Å². The molecule has 1 saturated heterocycles. The van der Waals surface area contributed by atoms with E-state index in [1.54, 1.807) is 47.7 Å². The molecular formula is C28H28BrF5IN3O2. The standard InChI is InChI=1S/C28H28BrF5IN3O2/c1-16-24(20-13-18(29)8-9-22(20)37-25(16)38-12-4-11-27(30,31)15-38)26(40)36-14-17(7-10-23(35)39)19-5-2-3-6-21(19)28(32,33)34/h2-3,5-6,8-9,13,17,26,36,40H,4,7,10-12,14-15H2,1H3. The van der Waals surface area contributed by atoms with Crippen molar-refractivity contribution in [2.75, 3.05) is 24.5 Å². The number of aromatic nitrogens is 1. The molecule has 40 heavy (non-hydrogen) atoms. The third-order valence-corrected chi connectivity index (χ3v) is 8.17. The number of piperidine rings is 1. The van der Waals surface area contributed by atoms with Gasteiger partial charge in [-0.2, -0.15) is 13.2 Å². The lowest BCUT2D eigenvalue weighted by Crippen LogP contribution is -2.43. The van der Waals surface area contributed by atoms with Gasteiger partial charge in [-0.05, 0) is 83.7 Å². The highest BCUT2D eigenvalue weighted by Crippen LogP contribution is 2.39. The number of halogens is 7. The van der Waals surface area contributed by atoms with Crippen LogP contribution in [-0.2, 0) is 11.0 Å². The van der Waals surface area contributed by atoms with Gasteiger partial charge in [0, 0.05) is 41.4 Å². The fourth-order valence-corrected chi connectivity index (χ4v) is 5.94. The smallest absolute Gasteiger partial charge is 0.374 e. The molecule has 12 heteroatoms. The Bertz CT molecular complexity index is 1390. The van der Waals surface area contributed by atoms with E-state index in [2.05, 4.69) is 26.2 Å². The van der Waals surface area contributed by atoms with E-state index in [1.165, 1.54) is 23.1 Å². The Labute approximate surface area is 250 Å². The van der Waals surface area contributed by atoms with Crippen molar-refractivity contribution in [2.24, 2.45) is 0 Å². The van der Waals surface area contributed by atoms with Crippen molar-refractivity contribution in [3.63, 3.8) is 0 Å². The number of hydrogen-bond acceptors (Lipinski definition) is 5. The average Bonchev–Trinajstić information content (AvgIpc) is 2.87. The molecule has 3 aromatic rings. The fraction of sp³-hybridized carbons (Fsp3) is 0.429. The summed E-state index contributed by atoms with van der Waals surface area (Å²) in [5, 5.41) is 14.9. The lowest BCUT2D eigenvalue weighted by atomic mass is 9.90. The van der Waals surface area contributed by atoms with E-state index in [1.807, 2.05) is 0 Å². The molecule has 0 aliphatic carbocycles. The maximum atomic E-state index is 14.3.